The molecule has 0 aliphatic carbocycles. The maximum atomic E-state index is 10.9. The molecular formula is C12H22O13S. The van der Waals surface area contributed by atoms with E-state index in [0.717, 1.165) is 0 Å². The van der Waals surface area contributed by atoms with Crippen molar-refractivity contribution in [3.05, 3.63) is 0 Å². The molecule has 0 aromatic rings. The molecule has 14 heteroatoms. The van der Waals surface area contributed by atoms with E-state index in [1.807, 2.05) is 0 Å². The van der Waals surface area contributed by atoms with Crippen LogP contribution in [0.4, 0.5) is 0 Å². The number of hydrogen-bond donors (Lipinski definition) is 7. The molecule has 0 aromatic heterocycles. The fraction of sp³-hybridized carbons (Fsp3) is 1.00. The second-order valence-corrected chi connectivity index (χ2v) is 6.96. The number of aliphatic hydroxyl groups is 6. The standard InChI is InChI=1S/C12H22O13S/c13-1-5-7(16)8(17)9(18)12(23-5)24-10-4(15)3-22-11(10)6(2-14)25-26(19,20)21/h4-18H,1-3H2,(H,19,20,21)/t4-,5-,6+,7+,8+,9-,10+,11-,12+/m1/s1. The zero-order chi connectivity index (χ0) is 19.6. The van der Waals surface area contributed by atoms with Crippen molar-refractivity contribution in [2.45, 2.75) is 55.1 Å². The molecule has 9 atom stereocenters. The molecule has 0 bridgehead atoms. The molecule has 0 radical (unpaired) electrons. The summed E-state index contributed by atoms with van der Waals surface area (Å²) in [6, 6.07) is 0. The zero-order valence-corrected chi connectivity index (χ0v) is 14.1. The molecule has 154 valence electrons. The molecule has 0 amide bonds. The summed E-state index contributed by atoms with van der Waals surface area (Å²) in [5.41, 5.74) is 0. The molecule has 2 heterocycles. The van der Waals surface area contributed by atoms with E-state index in [1.165, 1.54) is 0 Å². The predicted octanol–water partition coefficient (Wildman–Crippen LogP) is -4.89. The molecule has 26 heavy (non-hydrogen) atoms. The van der Waals surface area contributed by atoms with Crippen LogP contribution < -0.4 is 0 Å². The fourth-order valence-corrected chi connectivity index (χ4v) is 3.27. The van der Waals surface area contributed by atoms with Crippen LogP contribution in [0.5, 0.6) is 0 Å². The summed E-state index contributed by atoms with van der Waals surface area (Å²) in [6.45, 7) is -1.98. The number of ether oxygens (including phenoxy) is 3. The third-order valence-electron chi connectivity index (χ3n) is 4.09. The van der Waals surface area contributed by atoms with Gasteiger partial charge in [-0.2, -0.15) is 8.42 Å². The molecule has 7 N–H and O–H groups in total. The maximum absolute atomic E-state index is 10.9. The Bertz CT molecular complexity index is 553. The van der Waals surface area contributed by atoms with E-state index in [-0.39, 0.29) is 6.61 Å². The van der Waals surface area contributed by atoms with Crippen LogP contribution in [-0.4, -0.2) is 119 Å². The highest BCUT2D eigenvalue weighted by Gasteiger charge is 2.50. The summed E-state index contributed by atoms with van der Waals surface area (Å²) in [6.07, 6.45) is -13.8. The van der Waals surface area contributed by atoms with Crippen LogP contribution in [0.25, 0.3) is 0 Å². The molecular weight excluding hydrogens is 384 g/mol. The van der Waals surface area contributed by atoms with Crippen LogP contribution in [-0.2, 0) is 28.8 Å². The van der Waals surface area contributed by atoms with Crippen LogP contribution in [0.3, 0.4) is 0 Å². The van der Waals surface area contributed by atoms with Gasteiger partial charge in [-0.15, -0.1) is 0 Å². The highest BCUT2D eigenvalue weighted by Crippen LogP contribution is 2.29. The van der Waals surface area contributed by atoms with Gasteiger partial charge in [0.2, 0.25) is 0 Å². The molecule has 2 aliphatic heterocycles. The van der Waals surface area contributed by atoms with E-state index in [9.17, 15) is 34.0 Å². The van der Waals surface area contributed by atoms with Crippen LogP contribution in [0, 0.1) is 0 Å². The minimum Gasteiger partial charge on any atom is -0.394 e. The van der Waals surface area contributed by atoms with Gasteiger partial charge in [0, 0.05) is 0 Å². The van der Waals surface area contributed by atoms with E-state index in [4.69, 9.17) is 23.9 Å². The van der Waals surface area contributed by atoms with Crippen molar-refractivity contribution in [3.63, 3.8) is 0 Å². The third-order valence-corrected chi connectivity index (χ3v) is 4.58. The lowest BCUT2D eigenvalue weighted by atomic mass is 9.99. The summed E-state index contributed by atoms with van der Waals surface area (Å²) >= 11 is 0. The van der Waals surface area contributed by atoms with Crippen molar-refractivity contribution in [2.24, 2.45) is 0 Å². The largest absolute Gasteiger partial charge is 0.397 e. The highest BCUT2D eigenvalue weighted by atomic mass is 32.3. The molecule has 2 aliphatic rings. The average Bonchev–Trinajstić information content (AvgIpc) is 2.93. The number of rotatable bonds is 7. The van der Waals surface area contributed by atoms with Crippen LogP contribution >= 0.6 is 0 Å². The van der Waals surface area contributed by atoms with E-state index in [2.05, 4.69) is 4.18 Å². The Morgan fingerprint density at radius 3 is 2.27 bits per heavy atom. The van der Waals surface area contributed by atoms with Gasteiger partial charge >= 0.3 is 10.4 Å². The van der Waals surface area contributed by atoms with Crippen molar-refractivity contribution in [3.8, 4) is 0 Å². The lowest BCUT2D eigenvalue weighted by Crippen LogP contribution is -2.60. The molecule has 0 unspecified atom stereocenters. The van der Waals surface area contributed by atoms with Crippen molar-refractivity contribution in [2.75, 3.05) is 19.8 Å². The molecule has 2 saturated heterocycles. The Balaban J connectivity index is 2.14. The topological polar surface area (TPSA) is 213 Å². The van der Waals surface area contributed by atoms with Gasteiger partial charge in [0.15, 0.2) is 6.29 Å². The zero-order valence-electron chi connectivity index (χ0n) is 13.3. The first-order valence-corrected chi connectivity index (χ1v) is 8.97. The normalized spacial score (nSPS) is 42.7. The molecule has 0 spiro atoms. The Morgan fingerprint density at radius 2 is 1.73 bits per heavy atom. The fourth-order valence-electron chi connectivity index (χ4n) is 2.79. The van der Waals surface area contributed by atoms with Crippen LogP contribution in [0.2, 0.25) is 0 Å². The summed E-state index contributed by atoms with van der Waals surface area (Å²) in [5, 5.41) is 57.8. The summed E-state index contributed by atoms with van der Waals surface area (Å²) in [5.74, 6) is 0. The number of hydrogen-bond acceptors (Lipinski definition) is 12. The van der Waals surface area contributed by atoms with Gasteiger partial charge in [-0.05, 0) is 0 Å². The SMILES string of the molecule is O=S(=O)(O)O[C@@H](CO)[C@H]1OC[C@@H](O)[C@@H]1O[C@@H]1O[C@H](CO)[C@H](O)[C@H](O)[C@H]1O. The van der Waals surface area contributed by atoms with Crippen molar-refractivity contribution in [1.29, 1.82) is 0 Å². The summed E-state index contributed by atoms with van der Waals surface area (Å²) in [7, 11) is -4.95. The Hall–Kier alpha value is -0.490. The van der Waals surface area contributed by atoms with Gasteiger partial charge in [0.1, 0.15) is 48.8 Å². The molecule has 0 saturated carbocycles. The maximum Gasteiger partial charge on any atom is 0.397 e. The van der Waals surface area contributed by atoms with Gasteiger partial charge in [0.25, 0.3) is 0 Å². The predicted molar refractivity (Wildman–Crippen MR) is 77.9 cm³/mol. The van der Waals surface area contributed by atoms with Crippen molar-refractivity contribution in [1.82, 2.24) is 0 Å². The van der Waals surface area contributed by atoms with E-state index < -0.39 is 78.7 Å². The Labute approximate surface area is 148 Å². The Morgan fingerprint density at radius 1 is 1.08 bits per heavy atom. The average molecular weight is 406 g/mol. The van der Waals surface area contributed by atoms with Crippen molar-refractivity contribution < 1.29 is 62.0 Å². The monoisotopic (exact) mass is 406 g/mol. The first-order valence-electron chi connectivity index (χ1n) is 7.61. The number of aliphatic hydroxyl groups excluding tert-OH is 6. The third kappa shape index (κ3) is 4.86. The second-order valence-electron chi connectivity index (χ2n) is 5.91. The molecule has 2 fully saturated rings. The van der Waals surface area contributed by atoms with E-state index in [1.54, 1.807) is 0 Å². The summed E-state index contributed by atoms with van der Waals surface area (Å²) in [4.78, 5) is 0. The Kier molecular flexibility index (Phi) is 7.28. The minimum atomic E-state index is -4.95. The molecule has 2 rings (SSSR count). The summed E-state index contributed by atoms with van der Waals surface area (Å²) < 4.78 is 50.3. The van der Waals surface area contributed by atoms with Gasteiger partial charge in [-0.25, -0.2) is 4.18 Å². The van der Waals surface area contributed by atoms with Crippen LogP contribution in [0.1, 0.15) is 0 Å². The van der Waals surface area contributed by atoms with Gasteiger partial charge < -0.3 is 44.8 Å². The van der Waals surface area contributed by atoms with E-state index >= 15 is 0 Å². The van der Waals surface area contributed by atoms with Crippen molar-refractivity contribution >= 4 is 10.4 Å². The quantitative estimate of drug-likeness (QED) is 0.198. The van der Waals surface area contributed by atoms with Gasteiger partial charge in [-0.1, -0.05) is 0 Å². The lowest BCUT2D eigenvalue weighted by molar-refractivity contribution is -0.319. The van der Waals surface area contributed by atoms with Gasteiger partial charge in [0.05, 0.1) is 19.8 Å². The lowest BCUT2D eigenvalue weighted by Gasteiger charge is -2.41. The first-order chi connectivity index (χ1) is 12.1. The minimum absolute atomic E-state index is 0.349. The molecule has 0 aromatic carbocycles. The first kappa shape index (κ1) is 21.8. The van der Waals surface area contributed by atoms with Crippen LogP contribution in [0.15, 0.2) is 0 Å². The van der Waals surface area contributed by atoms with E-state index in [0.29, 0.717) is 0 Å². The van der Waals surface area contributed by atoms with Gasteiger partial charge in [-0.3, -0.25) is 4.55 Å². The second kappa shape index (κ2) is 8.68. The highest BCUT2D eigenvalue weighted by molar-refractivity contribution is 7.80. The smallest absolute Gasteiger partial charge is 0.394 e. The molecule has 13 nitrogen and oxygen atoms in total.